The third-order valence-corrected chi connectivity index (χ3v) is 4.05. The molecular weight excluding hydrogens is 252 g/mol. The molecule has 3 N–H and O–H groups in total. The van der Waals surface area contributed by atoms with Gasteiger partial charge in [-0.1, -0.05) is 30.3 Å². The number of nitrogens with one attached hydrogen (secondary N) is 1. The van der Waals surface area contributed by atoms with Gasteiger partial charge in [0.15, 0.2) is 0 Å². The first kappa shape index (κ1) is 15.0. The highest BCUT2D eigenvalue weighted by Crippen LogP contribution is 2.20. The number of hydrogen-bond acceptors (Lipinski definition) is 4. The molecule has 2 atom stereocenters. The molecule has 1 aliphatic rings. The van der Waals surface area contributed by atoms with E-state index in [1.54, 1.807) is 0 Å². The summed E-state index contributed by atoms with van der Waals surface area (Å²) in [6, 6.07) is 10.3. The molecule has 1 heterocycles. The topological polar surface area (TPSA) is 61.6 Å². The van der Waals surface area contributed by atoms with Gasteiger partial charge in [0.2, 0.25) is 5.91 Å². The molecular formula is C15H24N4O. The van der Waals surface area contributed by atoms with Crippen molar-refractivity contribution in [1.29, 1.82) is 0 Å². The number of amides is 1. The standard InChI is InChI=1S/C15H24N4O/c1-12-10-18(2)8-9-19(12)11-14(15(20)17-16)13-6-4-3-5-7-13/h3-7,12,14H,8-11,16H2,1-2H3,(H,17,20). The molecule has 0 spiro atoms. The molecule has 2 rings (SSSR count). The Labute approximate surface area is 120 Å². The fraction of sp³-hybridized carbons (Fsp3) is 0.533. The van der Waals surface area contributed by atoms with E-state index in [2.05, 4.69) is 29.2 Å². The number of carbonyl (C=O) groups excluding carboxylic acids is 1. The predicted octanol–water partition coefficient (Wildman–Crippen LogP) is 0.396. The summed E-state index contributed by atoms with van der Waals surface area (Å²) in [6.45, 7) is 5.97. The van der Waals surface area contributed by atoms with E-state index in [9.17, 15) is 4.79 Å². The van der Waals surface area contributed by atoms with Crippen molar-refractivity contribution < 1.29 is 4.79 Å². The Morgan fingerprint density at radius 3 is 2.70 bits per heavy atom. The number of likely N-dealkylation sites (N-methyl/N-ethyl adjacent to an activating group) is 1. The van der Waals surface area contributed by atoms with Crippen LogP contribution in [0.4, 0.5) is 0 Å². The fourth-order valence-corrected chi connectivity index (χ4v) is 2.81. The molecule has 0 aliphatic carbocycles. The van der Waals surface area contributed by atoms with Gasteiger partial charge < -0.3 is 4.90 Å². The van der Waals surface area contributed by atoms with Gasteiger partial charge in [0.1, 0.15) is 0 Å². The maximum Gasteiger partial charge on any atom is 0.242 e. The molecule has 1 fully saturated rings. The second kappa shape index (κ2) is 6.83. The van der Waals surface area contributed by atoms with Crippen LogP contribution in [0.3, 0.4) is 0 Å². The van der Waals surface area contributed by atoms with Crippen LogP contribution in [-0.2, 0) is 4.79 Å². The number of carbonyl (C=O) groups is 1. The monoisotopic (exact) mass is 276 g/mol. The van der Waals surface area contributed by atoms with E-state index >= 15 is 0 Å². The summed E-state index contributed by atoms with van der Waals surface area (Å²) in [5.74, 6) is 5.01. The summed E-state index contributed by atoms with van der Waals surface area (Å²) in [5, 5.41) is 0. The smallest absolute Gasteiger partial charge is 0.242 e. The van der Waals surface area contributed by atoms with E-state index in [4.69, 9.17) is 5.84 Å². The van der Waals surface area contributed by atoms with Crippen LogP contribution >= 0.6 is 0 Å². The molecule has 20 heavy (non-hydrogen) atoms. The summed E-state index contributed by atoms with van der Waals surface area (Å²) in [6.07, 6.45) is 0. The fourth-order valence-electron chi connectivity index (χ4n) is 2.81. The summed E-state index contributed by atoms with van der Waals surface area (Å²) >= 11 is 0. The first-order valence-corrected chi connectivity index (χ1v) is 7.10. The minimum Gasteiger partial charge on any atom is -0.304 e. The maximum absolute atomic E-state index is 12.1. The van der Waals surface area contributed by atoms with Gasteiger partial charge >= 0.3 is 0 Å². The van der Waals surface area contributed by atoms with Gasteiger partial charge in [0.05, 0.1) is 5.92 Å². The summed E-state index contributed by atoms with van der Waals surface area (Å²) < 4.78 is 0. The molecule has 5 heteroatoms. The number of piperazine rings is 1. The van der Waals surface area contributed by atoms with Gasteiger partial charge in [-0.2, -0.15) is 0 Å². The summed E-state index contributed by atoms with van der Waals surface area (Å²) in [5.41, 5.74) is 3.32. The van der Waals surface area contributed by atoms with E-state index in [1.807, 2.05) is 30.3 Å². The zero-order valence-electron chi connectivity index (χ0n) is 12.2. The molecule has 1 aliphatic heterocycles. The zero-order chi connectivity index (χ0) is 14.5. The highest BCUT2D eigenvalue weighted by molar-refractivity contribution is 5.83. The number of rotatable bonds is 4. The Kier molecular flexibility index (Phi) is 5.11. The van der Waals surface area contributed by atoms with Crippen molar-refractivity contribution >= 4 is 5.91 Å². The average molecular weight is 276 g/mol. The first-order chi connectivity index (χ1) is 9.61. The number of hydrogen-bond donors (Lipinski definition) is 2. The SMILES string of the molecule is CC1CN(C)CCN1CC(C(=O)NN)c1ccccc1. The number of benzene rings is 1. The maximum atomic E-state index is 12.1. The highest BCUT2D eigenvalue weighted by atomic mass is 16.2. The second-order valence-corrected chi connectivity index (χ2v) is 5.58. The molecule has 0 radical (unpaired) electrons. The minimum atomic E-state index is -0.216. The van der Waals surface area contributed by atoms with Gasteiger partial charge in [-0.05, 0) is 19.5 Å². The Balaban J connectivity index is 2.11. The van der Waals surface area contributed by atoms with Crippen molar-refractivity contribution in [2.75, 3.05) is 33.2 Å². The molecule has 110 valence electrons. The van der Waals surface area contributed by atoms with Crippen LogP contribution in [-0.4, -0.2) is 55.0 Å². The molecule has 0 aromatic heterocycles. The predicted molar refractivity (Wildman–Crippen MR) is 80.0 cm³/mol. The molecule has 1 saturated heterocycles. The molecule has 1 aromatic rings. The van der Waals surface area contributed by atoms with Crippen LogP contribution in [0.15, 0.2) is 30.3 Å². The lowest BCUT2D eigenvalue weighted by Crippen LogP contribution is -2.52. The van der Waals surface area contributed by atoms with Crippen LogP contribution in [0.5, 0.6) is 0 Å². The lowest BCUT2D eigenvalue weighted by molar-refractivity contribution is -0.123. The van der Waals surface area contributed by atoms with Gasteiger partial charge in [-0.25, -0.2) is 5.84 Å². The van der Waals surface area contributed by atoms with Gasteiger partial charge in [-0.15, -0.1) is 0 Å². The van der Waals surface area contributed by atoms with Crippen LogP contribution in [0, 0.1) is 0 Å². The van der Waals surface area contributed by atoms with Gasteiger partial charge in [-0.3, -0.25) is 15.1 Å². The molecule has 0 saturated carbocycles. The van der Waals surface area contributed by atoms with Crippen molar-refractivity contribution in [1.82, 2.24) is 15.2 Å². The van der Waals surface area contributed by atoms with E-state index in [0.29, 0.717) is 12.6 Å². The Bertz CT molecular complexity index is 437. The molecule has 2 unspecified atom stereocenters. The zero-order valence-corrected chi connectivity index (χ0v) is 12.2. The molecule has 1 amide bonds. The lowest BCUT2D eigenvalue weighted by atomic mass is 9.96. The van der Waals surface area contributed by atoms with Crippen molar-refractivity contribution in [3.63, 3.8) is 0 Å². The molecule has 1 aromatic carbocycles. The molecule has 5 nitrogen and oxygen atoms in total. The van der Waals surface area contributed by atoms with Crippen molar-refractivity contribution in [3.05, 3.63) is 35.9 Å². The van der Waals surface area contributed by atoms with E-state index in [1.165, 1.54) is 0 Å². The molecule has 0 bridgehead atoms. The Hall–Kier alpha value is -1.43. The van der Waals surface area contributed by atoms with Crippen LogP contribution < -0.4 is 11.3 Å². The second-order valence-electron chi connectivity index (χ2n) is 5.58. The Morgan fingerprint density at radius 1 is 1.40 bits per heavy atom. The van der Waals surface area contributed by atoms with Crippen LogP contribution in [0.1, 0.15) is 18.4 Å². The normalized spacial score (nSPS) is 22.4. The van der Waals surface area contributed by atoms with E-state index in [0.717, 1.165) is 25.2 Å². The summed E-state index contributed by atoms with van der Waals surface area (Å²) in [4.78, 5) is 16.8. The van der Waals surface area contributed by atoms with Crippen LogP contribution in [0.25, 0.3) is 0 Å². The number of hydrazine groups is 1. The third-order valence-electron chi connectivity index (χ3n) is 4.05. The highest BCUT2D eigenvalue weighted by Gasteiger charge is 2.28. The number of nitrogens with two attached hydrogens (primary N) is 1. The van der Waals surface area contributed by atoms with Gasteiger partial charge in [0.25, 0.3) is 0 Å². The Morgan fingerprint density at radius 2 is 2.10 bits per heavy atom. The number of nitrogens with zero attached hydrogens (tertiary/aromatic N) is 2. The summed E-state index contributed by atoms with van der Waals surface area (Å²) in [7, 11) is 2.13. The van der Waals surface area contributed by atoms with Crippen molar-refractivity contribution in [2.45, 2.75) is 18.9 Å². The minimum absolute atomic E-state index is 0.123. The first-order valence-electron chi connectivity index (χ1n) is 7.10. The van der Waals surface area contributed by atoms with E-state index in [-0.39, 0.29) is 11.8 Å². The van der Waals surface area contributed by atoms with Gasteiger partial charge in [0, 0.05) is 32.2 Å². The lowest BCUT2D eigenvalue weighted by Gasteiger charge is -2.39. The quantitative estimate of drug-likeness (QED) is 0.475. The van der Waals surface area contributed by atoms with Crippen molar-refractivity contribution in [3.8, 4) is 0 Å². The van der Waals surface area contributed by atoms with Crippen LogP contribution in [0.2, 0.25) is 0 Å². The average Bonchev–Trinajstić information content (AvgIpc) is 2.46. The van der Waals surface area contributed by atoms with E-state index < -0.39 is 0 Å². The largest absolute Gasteiger partial charge is 0.304 e. The third kappa shape index (κ3) is 3.56. The van der Waals surface area contributed by atoms with Crippen molar-refractivity contribution in [2.24, 2.45) is 5.84 Å².